The molecule has 12 heteroatoms. The fourth-order valence-corrected chi connectivity index (χ4v) is 6.38. The van der Waals surface area contributed by atoms with E-state index in [0.717, 1.165) is 23.6 Å². The molecule has 38 heavy (non-hydrogen) atoms. The molecular formula is C26H34ClN5O5S. The lowest BCUT2D eigenvalue weighted by molar-refractivity contribution is -0.144. The first-order chi connectivity index (χ1) is 18.0. The molecule has 2 aliphatic heterocycles. The standard InChI is InChI=1S/C26H34ClN5O5S/c1-17(25(34)31-11-4-5-21(16-31)28-15-24(33)30(2)3)32-12-10-23(26(32)35)29-38(36,37)22-9-7-18-13-20(27)8-6-19(18)14-22/h6-9,13-14,17,21,23,28-29H,4-5,10-12,15-16H2,1-3H3/t17-,21?,23-/m0/s1. The van der Waals surface area contributed by atoms with E-state index in [1.54, 1.807) is 56.3 Å². The van der Waals surface area contributed by atoms with Crippen LogP contribution in [0, 0.1) is 0 Å². The third-order valence-electron chi connectivity index (χ3n) is 7.22. The van der Waals surface area contributed by atoms with Crippen molar-refractivity contribution in [2.45, 2.75) is 49.2 Å². The summed E-state index contributed by atoms with van der Waals surface area (Å²) in [4.78, 5) is 43.1. The van der Waals surface area contributed by atoms with Crippen molar-refractivity contribution in [2.24, 2.45) is 0 Å². The minimum absolute atomic E-state index is 0.00406. The number of hydrogen-bond donors (Lipinski definition) is 2. The SMILES string of the molecule is C[C@@H](C(=O)N1CCCC(NCC(=O)N(C)C)C1)N1CC[C@H](NS(=O)(=O)c2ccc3cc(Cl)ccc3c2)C1=O. The monoisotopic (exact) mass is 563 g/mol. The first-order valence-corrected chi connectivity index (χ1v) is 14.6. The van der Waals surface area contributed by atoms with Gasteiger partial charge in [0.1, 0.15) is 12.1 Å². The molecule has 2 heterocycles. The van der Waals surface area contributed by atoms with Crippen LogP contribution in [0.4, 0.5) is 0 Å². The van der Waals surface area contributed by atoms with Crippen molar-refractivity contribution in [1.82, 2.24) is 24.7 Å². The maximum absolute atomic E-state index is 13.3. The first kappa shape index (κ1) is 28.3. The number of carbonyl (C=O) groups is 3. The largest absolute Gasteiger partial charge is 0.348 e. The molecule has 3 atom stereocenters. The Morgan fingerprint density at radius 1 is 1.11 bits per heavy atom. The third-order valence-corrected chi connectivity index (χ3v) is 8.92. The van der Waals surface area contributed by atoms with Crippen LogP contribution < -0.4 is 10.0 Å². The van der Waals surface area contributed by atoms with E-state index in [4.69, 9.17) is 11.6 Å². The van der Waals surface area contributed by atoms with Gasteiger partial charge in [-0.1, -0.05) is 23.7 Å². The van der Waals surface area contributed by atoms with Crippen LogP contribution in [0.2, 0.25) is 5.02 Å². The molecule has 2 saturated heterocycles. The van der Waals surface area contributed by atoms with Crippen LogP contribution in [0.25, 0.3) is 10.8 Å². The molecule has 2 aromatic carbocycles. The van der Waals surface area contributed by atoms with Crippen molar-refractivity contribution in [3.8, 4) is 0 Å². The highest BCUT2D eigenvalue weighted by atomic mass is 35.5. The molecule has 3 amide bonds. The number of nitrogens with zero attached hydrogens (tertiary/aromatic N) is 3. The van der Waals surface area contributed by atoms with E-state index in [1.165, 1.54) is 15.9 Å². The second kappa shape index (κ2) is 11.6. The highest BCUT2D eigenvalue weighted by Crippen LogP contribution is 2.24. The lowest BCUT2D eigenvalue weighted by Gasteiger charge is -2.36. The molecule has 0 aromatic heterocycles. The van der Waals surface area contributed by atoms with Crippen LogP contribution >= 0.6 is 11.6 Å². The Bertz CT molecular complexity index is 1330. The van der Waals surface area contributed by atoms with Gasteiger partial charge in [0.2, 0.25) is 27.7 Å². The van der Waals surface area contributed by atoms with Gasteiger partial charge in [-0.25, -0.2) is 8.42 Å². The second-order valence-corrected chi connectivity index (χ2v) is 12.3. The molecule has 4 rings (SSSR count). The Labute approximate surface area is 228 Å². The molecule has 0 spiro atoms. The molecule has 0 aliphatic carbocycles. The Balaban J connectivity index is 1.37. The quantitative estimate of drug-likeness (QED) is 0.501. The van der Waals surface area contributed by atoms with E-state index >= 15 is 0 Å². The number of carbonyl (C=O) groups excluding carboxylic acids is 3. The summed E-state index contributed by atoms with van der Waals surface area (Å²) in [5.74, 6) is -0.628. The molecule has 206 valence electrons. The molecule has 2 fully saturated rings. The molecule has 0 bridgehead atoms. The van der Waals surface area contributed by atoms with Crippen LogP contribution in [-0.4, -0.2) is 99.2 Å². The number of halogens is 1. The van der Waals surface area contributed by atoms with Crippen molar-refractivity contribution >= 4 is 50.1 Å². The van der Waals surface area contributed by atoms with Gasteiger partial charge in [0.25, 0.3) is 0 Å². The third kappa shape index (κ3) is 6.28. The predicted octanol–water partition coefficient (Wildman–Crippen LogP) is 1.43. The summed E-state index contributed by atoms with van der Waals surface area (Å²) in [6.45, 7) is 3.19. The predicted molar refractivity (Wildman–Crippen MR) is 145 cm³/mol. The Morgan fingerprint density at radius 2 is 1.82 bits per heavy atom. The number of sulfonamides is 1. The minimum atomic E-state index is -3.96. The fourth-order valence-electron chi connectivity index (χ4n) is 4.94. The van der Waals surface area contributed by atoms with Gasteiger partial charge in [-0.05, 0) is 61.2 Å². The van der Waals surface area contributed by atoms with Crippen molar-refractivity contribution < 1.29 is 22.8 Å². The zero-order chi connectivity index (χ0) is 27.6. The van der Waals surface area contributed by atoms with Crippen molar-refractivity contribution in [1.29, 1.82) is 0 Å². The zero-order valence-electron chi connectivity index (χ0n) is 21.8. The van der Waals surface area contributed by atoms with Gasteiger partial charge in [0, 0.05) is 44.8 Å². The summed E-state index contributed by atoms with van der Waals surface area (Å²) in [6.07, 6.45) is 1.92. The van der Waals surface area contributed by atoms with Crippen molar-refractivity contribution in [3.63, 3.8) is 0 Å². The summed E-state index contributed by atoms with van der Waals surface area (Å²) >= 11 is 6.01. The second-order valence-electron chi connectivity index (χ2n) is 10.1. The van der Waals surface area contributed by atoms with Crippen molar-refractivity contribution in [3.05, 3.63) is 41.4 Å². The van der Waals surface area contributed by atoms with Crippen LogP contribution in [-0.2, 0) is 24.4 Å². The lowest BCUT2D eigenvalue weighted by atomic mass is 10.0. The number of amides is 3. The normalized spacial score (nSPS) is 21.1. The number of likely N-dealkylation sites (tertiary alicyclic amines) is 2. The molecule has 1 unspecified atom stereocenters. The highest BCUT2D eigenvalue weighted by molar-refractivity contribution is 7.89. The molecule has 2 aromatic rings. The Kier molecular flexibility index (Phi) is 8.61. The molecular weight excluding hydrogens is 530 g/mol. The van der Waals surface area contributed by atoms with Gasteiger partial charge < -0.3 is 20.0 Å². The van der Waals surface area contributed by atoms with Gasteiger partial charge in [-0.15, -0.1) is 0 Å². The van der Waals surface area contributed by atoms with E-state index in [9.17, 15) is 22.8 Å². The van der Waals surface area contributed by atoms with E-state index < -0.39 is 28.0 Å². The first-order valence-electron chi connectivity index (χ1n) is 12.7. The molecule has 0 radical (unpaired) electrons. The van der Waals surface area contributed by atoms with E-state index in [2.05, 4.69) is 10.0 Å². The van der Waals surface area contributed by atoms with Gasteiger partial charge in [0.15, 0.2) is 0 Å². The Hall–Kier alpha value is -2.73. The summed E-state index contributed by atoms with van der Waals surface area (Å²) in [7, 11) is -0.569. The number of benzene rings is 2. The summed E-state index contributed by atoms with van der Waals surface area (Å²) in [5.41, 5.74) is 0. The van der Waals surface area contributed by atoms with Gasteiger partial charge in [-0.2, -0.15) is 4.72 Å². The molecule has 10 nitrogen and oxygen atoms in total. The summed E-state index contributed by atoms with van der Waals surface area (Å²) in [6, 6.07) is 8.23. The number of likely N-dealkylation sites (N-methyl/N-ethyl adjacent to an activating group) is 1. The fraction of sp³-hybridized carbons (Fsp3) is 0.500. The highest BCUT2D eigenvalue weighted by Gasteiger charge is 2.40. The number of rotatable bonds is 8. The molecule has 0 saturated carbocycles. The average molecular weight is 564 g/mol. The smallest absolute Gasteiger partial charge is 0.245 e. The number of nitrogens with one attached hydrogen (secondary N) is 2. The lowest BCUT2D eigenvalue weighted by Crippen LogP contribution is -2.55. The van der Waals surface area contributed by atoms with E-state index in [-0.39, 0.29) is 42.3 Å². The maximum atomic E-state index is 13.3. The zero-order valence-corrected chi connectivity index (χ0v) is 23.4. The maximum Gasteiger partial charge on any atom is 0.245 e. The van der Waals surface area contributed by atoms with Gasteiger partial charge in [0.05, 0.1) is 11.4 Å². The van der Waals surface area contributed by atoms with Crippen LogP contribution in [0.15, 0.2) is 41.3 Å². The van der Waals surface area contributed by atoms with Crippen LogP contribution in [0.5, 0.6) is 0 Å². The van der Waals surface area contributed by atoms with Gasteiger partial charge in [-0.3, -0.25) is 14.4 Å². The number of fused-ring (bicyclic) bond motifs is 1. The van der Waals surface area contributed by atoms with E-state index in [0.29, 0.717) is 18.1 Å². The summed E-state index contributed by atoms with van der Waals surface area (Å²) in [5, 5.41) is 5.31. The average Bonchev–Trinajstić information content (AvgIpc) is 3.25. The van der Waals surface area contributed by atoms with Gasteiger partial charge >= 0.3 is 0 Å². The van der Waals surface area contributed by atoms with Crippen molar-refractivity contribution in [2.75, 3.05) is 40.3 Å². The Morgan fingerprint density at radius 3 is 2.55 bits per heavy atom. The molecule has 2 N–H and O–H groups in total. The van der Waals surface area contributed by atoms with E-state index in [1.807, 2.05) is 0 Å². The topological polar surface area (TPSA) is 119 Å². The number of hydrogen-bond acceptors (Lipinski definition) is 6. The number of piperidine rings is 1. The summed E-state index contributed by atoms with van der Waals surface area (Å²) < 4.78 is 28.7. The van der Waals surface area contributed by atoms with Crippen LogP contribution in [0.1, 0.15) is 26.2 Å². The van der Waals surface area contributed by atoms with Crippen LogP contribution in [0.3, 0.4) is 0 Å². The minimum Gasteiger partial charge on any atom is -0.348 e. The molecule has 2 aliphatic rings.